The molecular weight excluding hydrogens is 296 g/mol. The smallest absolute Gasteiger partial charge is 0.326 e. The number of H-pyrrole nitrogens is 1. The summed E-state index contributed by atoms with van der Waals surface area (Å²) in [5, 5.41) is 2.68. The van der Waals surface area contributed by atoms with Crippen molar-refractivity contribution in [3.05, 3.63) is 34.7 Å². The van der Waals surface area contributed by atoms with Gasteiger partial charge in [-0.1, -0.05) is 12.1 Å². The van der Waals surface area contributed by atoms with Crippen LogP contribution in [0.2, 0.25) is 0 Å². The van der Waals surface area contributed by atoms with Crippen molar-refractivity contribution in [3.63, 3.8) is 0 Å². The van der Waals surface area contributed by atoms with Gasteiger partial charge in [0, 0.05) is 20.2 Å². The van der Waals surface area contributed by atoms with Gasteiger partial charge in [-0.15, -0.1) is 12.4 Å². The molecule has 0 bridgehead atoms. The highest BCUT2D eigenvalue weighted by molar-refractivity contribution is 5.85. The van der Waals surface area contributed by atoms with Crippen LogP contribution in [0.25, 0.3) is 11.0 Å². The third-order valence-electron chi connectivity index (χ3n) is 3.00. The zero-order chi connectivity index (χ0) is 14.5. The van der Waals surface area contributed by atoms with Crippen molar-refractivity contribution >= 4 is 29.3 Å². The highest BCUT2D eigenvalue weighted by Crippen LogP contribution is 2.08. The number of aromatic amines is 1. The van der Waals surface area contributed by atoms with E-state index in [1.165, 1.54) is 7.11 Å². The number of imidazole rings is 1. The highest BCUT2D eigenvalue weighted by atomic mass is 35.5. The standard InChI is InChI=1S/C13H18N4O3.ClH/c1-20-8-9(14)12(18)15-6-7-17-11-5-3-2-4-10(11)16-13(17)19;/h2-5,9H,6-8,14H2,1H3,(H,15,18)(H,16,19);1H. The summed E-state index contributed by atoms with van der Waals surface area (Å²) in [6.07, 6.45) is 0. The second-order valence-electron chi connectivity index (χ2n) is 4.45. The summed E-state index contributed by atoms with van der Waals surface area (Å²) in [5.74, 6) is -0.292. The van der Waals surface area contributed by atoms with Crippen LogP contribution < -0.4 is 16.7 Å². The SMILES string of the molecule is COCC(N)C(=O)NCCn1c(=O)[nH]c2ccccc21.Cl. The molecule has 0 aliphatic rings. The molecule has 1 aromatic heterocycles. The molecule has 0 fully saturated rings. The highest BCUT2D eigenvalue weighted by Gasteiger charge is 2.12. The third kappa shape index (κ3) is 4.07. The lowest BCUT2D eigenvalue weighted by Crippen LogP contribution is -2.44. The molecule has 2 aromatic rings. The number of ether oxygens (including phenoxy) is 1. The quantitative estimate of drug-likeness (QED) is 0.689. The average Bonchev–Trinajstić information content (AvgIpc) is 2.75. The molecule has 116 valence electrons. The Kier molecular flexibility index (Phi) is 6.41. The van der Waals surface area contributed by atoms with Crippen LogP contribution >= 0.6 is 12.4 Å². The number of methoxy groups -OCH3 is 1. The van der Waals surface area contributed by atoms with Gasteiger partial charge in [0.1, 0.15) is 6.04 Å². The first-order valence-corrected chi connectivity index (χ1v) is 6.33. The van der Waals surface area contributed by atoms with E-state index in [1.807, 2.05) is 24.3 Å². The minimum absolute atomic E-state index is 0. The van der Waals surface area contributed by atoms with Crippen LogP contribution in [-0.2, 0) is 16.1 Å². The molecule has 2 rings (SSSR count). The van der Waals surface area contributed by atoms with Crippen molar-refractivity contribution in [2.75, 3.05) is 20.3 Å². The number of hydrogen-bond donors (Lipinski definition) is 3. The predicted octanol–water partition coefficient (Wildman–Crippen LogP) is -0.159. The van der Waals surface area contributed by atoms with Gasteiger partial charge >= 0.3 is 5.69 Å². The van der Waals surface area contributed by atoms with Gasteiger partial charge in [-0.05, 0) is 12.1 Å². The molecular formula is C13H19ClN4O3. The molecule has 7 nitrogen and oxygen atoms in total. The molecule has 0 aliphatic heterocycles. The summed E-state index contributed by atoms with van der Waals surface area (Å²) in [6, 6.07) is 6.71. The Labute approximate surface area is 127 Å². The number of nitrogens with zero attached hydrogens (tertiary/aromatic N) is 1. The number of rotatable bonds is 6. The summed E-state index contributed by atoms with van der Waals surface area (Å²) >= 11 is 0. The molecule has 21 heavy (non-hydrogen) atoms. The Bertz CT molecular complexity index is 652. The van der Waals surface area contributed by atoms with Crippen molar-refractivity contribution in [1.29, 1.82) is 0 Å². The van der Waals surface area contributed by atoms with Crippen LogP contribution in [0.4, 0.5) is 0 Å². The molecule has 0 radical (unpaired) electrons. The van der Waals surface area contributed by atoms with Gasteiger partial charge in [0.25, 0.3) is 0 Å². The summed E-state index contributed by atoms with van der Waals surface area (Å²) in [7, 11) is 1.48. The maximum Gasteiger partial charge on any atom is 0.326 e. The van der Waals surface area contributed by atoms with Crippen molar-refractivity contribution in [2.24, 2.45) is 5.73 Å². The van der Waals surface area contributed by atoms with E-state index in [1.54, 1.807) is 4.57 Å². The van der Waals surface area contributed by atoms with Crippen LogP contribution in [0.15, 0.2) is 29.1 Å². The Morgan fingerprint density at radius 3 is 2.90 bits per heavy atom. The normalized spacial score (nSPS) is 11.9. The fourth-order valence-corrected chi connectivity index (χ4v) is 2.01. The van der Waals surface area contributed by atoms with Crippen molar-refractivity contribution in [2.45, 2.75) is 12.6 Å². The number of nitrogens with one attached hydrogen (secondary N) is 2. The Morgan fingerprint density at radius 2 is 2.19 bits per heavy atom. The zero-order valence-corrected chi connectivity index (χ0v) is 12.5. The number of aromatic nitrogens is 2. The lowest BCUT2D eigenvalue weighted by molar-refractivity contribution is -0.123. The first-order chi connectivity index (χ1) is 9.63. The topological polar surface area (TPSA) is 102 Å². The van der Waals surface area contributed by atoms with E-state index in [0.29, 0.717) is 13.1 Å². The molecule has 4 N–H and O–H groups in total. The van der Waals surface area contributed by atoms with E-state index in [0.717, 1.165) is 11.0 Å². The summed E-state index contributed by atoms with van der Waals surface area (Å²) in [4.78, 5) is 26.2. The van der Waals surface area contributed by atoms with Crippen LogP contribution in [0.5, 0.6) is 0 Å². The van der Waals surface area contributed by atoms with Crippen molar-refractivity contribution < 1.29 is 9.53 Å². The second kappa shape index (κ2) is 7.82. The minimum atomic E-state index is -0.695. The lowest BCUT2D eigenvalue weighted by atomic mass is 10.3. The van der Waals surface area contributed by atoms with Gasteiger partial charge in [-0.2, -0.15) is 0 Å². The fraction of sp³-hybridized carbons (Fsp3) is 0.385. The van der Waals surface area contributed by atoms with Crippen LogP contribution in [0, 0.1) is 0 Å². The summed E-state index contributed by atoms with van der Waals surface area (Å²) < 4.78 is 6.39. The Hall–Kier alpha value is -1.83. The number of carbonyl (C=O) groups excluding carboxylic acids is 1. The van der Waals surface area contributed by atoms with Gasteiger partial charge < -0.3 is 20.8 Å². The lowest BCUT2D eigenvalue weighted by Gasteiger charge is -2.11. The second-order valence-corrected chi connectivity index (χ2v) is 4.45. The molecule has 0 saturated heterocycles. The fourth-order valence-electron chi connectivity index (χ4n) is 2.01. The number of amides is 1. The molecule has 0 aliphatic carbocycles. The van der Waals surface area contributed by atoms with Gasteiger partial charge in [-0.3, -0.25) is 9.36 Å². The first kappa shape index (κ1) is 17.2. The van der Waals surface area contributed by atoms with Crippen LogP contribution in [0.3, 0.4) is 0 Å². The average molecular weight is 315 g/mol. The molecule has 1 heterocycles. The molecule has 1 aromatic carbocycles. The number of benzene rings is 1. The van der Waals surface area contributed by atoms with Crippen molar-refractivity contribution in [3.8, 4) is 0 Å². The number of fused-ring (bicyclic) bond motifs is 1. The third-order valence-corrected chi connectivity index (χ3v) is 3.00. The Balaban J connectivity index is 0.00000220. The monoisotopic (exact) mass is 314 g/mol. The van der Waals surface area contributed by atoms with Crippen molar-refractivity contribution in [1.82, 2.24) is 14.9 Å². The maximum absolute atomic E-state index is 11.8. The molecule has 8 heteroatoms. The summed E-state index contributed by atoms with van der Waals surface area (Å²) in [6.45, 7) is 0.880. The number of carbonyl (C=O) groups is 1. The zero-order valence-electron chi connectivity index (χ0n) is 11.7. The van der Waals surface area contributed by atoms with Crippen LogP contribution in [0.1, 0.15) is 0 Å². The minimum Gasteiger partial charge on any atom is -0.383 e. The van der Waals surface area contributed by atoms with Crippen LogP contribution in [-0.4, -0.2) is 41.8 Å². The largest absolute Gasteiger partial charge is 0.383 e. The van der Waals surface area contributed by atoms with E-state index in [4.69, 9.17) is 10.5 Å². The molecule has 1 atom stereocenters. The van der Waals surface area contributed by atoms with E-state index in [-0.39, 0.29) is 30.6 Å². The molecule has 1 amide bonds. The Morgan fingerprint density at radius 1 is 1.48 bits per heavy atom. The van der Waals surface area contributed by atoms with Gasteiger partial charge in [0.05, 0.1) is 17.6 Å². The number of para-hydroxylation sites is 2. The van der Waals surface area contributed by atoms with Gasteiger partial charge in [0.15, 0.2) is 0 Å². The van der Waals surface area contributed by atoms with E-state index < -0.39 is 6.04 Å². The van der Waals surface area contributed by atoms with Gasteiger partial charge in [-0.25, -0.2) is 4.79 Å². The van der Waals surface area contributed by atoms with E-state index in [2.05, 4.69) is 10.3 Å². The first-order valence-electron chi connectivity index (χ1n) is 6.33. The summed E-state index contributed by atoms with van der Waals surface area (Å²) in [5.41, 5.74) is 6.99. The molecule has 1 unspecified atom stereocenters. The number of nitrogens with two attached hydrogens (primary N) is 1. The van der Waals surface area contributed by atoms with Gasteiger partial charge in [0.2, 0.25) is 5.91 Å². The number of halogens is 1. The molecule has 0 saturated carbocycles. The maximum atomic E-state index is 11.8. The number of hydrogen-bond acceptors (Lipinski definition) is 4. The predicted molar refractivity (Wildman–Crippen MR) is 82.7 cm³/mol. The molecule has 0 spiro atoms. The van der Waals surface area contributed by atoms with E-state index >= 15 is 0 Å². The van der Waals surface area contributed by atoms with E-state index in [9.17, 15) is 9.59 Å².